The maximum Gasteiger partial charge on any atom is 0.239 e. The fourth-order valence-corrected chi connectivity index (χ4v) is 2.19. The summed E-state index contributed by atoms with van der Waals surface area (Å²) in [5, 5.41) is 11.9. The molecule has 5 nitrogen and oxygen atoms in total. The minimum Gasteiger partial charge on any atom is -0.394 e. The van der Waals surface area contributed by atoms with Crippen molar-refractivity contribution in [3.8, 4) is 0 Å². The molecule has 0 radical (unpaired) electrons. The van der Waals surface area contributed by atoms with E-state index in [-0.39, 0.29) is 18.6 Å². The second-order valence-electron chi connectivity index (χ2n) is 4.66. The van der Waals surface area contributed by atoms with Crippen LogP contribution in [0.2, 0.25) is 0 Å². The minimum atomic E-state index is 0.0112. The van der Waals surface area contributed by atoms with E-state index in [2.05, 4.69) is 12.2 Å². The SMILES string of the molecule is CCCNC1CCCN(CCCOCCO)C1=O. The van der Waals surface area contributed by atoms with Crippen LogP contribution in [-0.2, 0) is 9.53 Å². The normalized spacial score (nSPS) is 20.4. The van der Waals surface area contributed by atoms with Crippen molar-refractivity contribution >= 4 is 5.91 Å². The molecule has 0 aromatic carbocycles. The number of nitrogens with one attached hydrogen (secondary N) is 1. The zero-order chi connectivity index (χ0) is 13.2. The van der Waals surface area contributed by atoms with Gasteiger partial charge in [0.1, 0.15) is 0 Å². The molecule has 106 valence electrons. The van der Waals surface area contributed by atoms with Gasteiger partial charge in [-0.2, -0.15) is 0 Å². The maximum absolute atomic E-state index is 12.1. The van der Waals surface area contributed by atoms with E-state index in [1.807, 2.05) is 4.90 Å². The summed E-state index contributed by atoms with van der Waals surface area (Å²) in [5.41, 5.74) is 0. The van der Waals surface area contributed by atoms with Crippen LogP contribution in [0.15, 0.2) is 0 Å². The van der Waals surface area contributed by atoms with Crippen molar-refractivity contribution in [2.24, 2.45) is 0 Å². The van der Waals surface area contributed by atoms with Gasteiger partial charge in [-0.1, -0.05) is 6.92 Å². The van der Waals surface area contributed by atoms with Crippen LogP contribution in [0.1, 0.15) is 32.6 Å². The Kier molecular flexibility index (Phi) is 7.96. The third kappa shape index (κ3) is 5.33. The lowest BCUT2D eigenvalue weighted by Crippen LogP contribution is -2.51. The molecule has 1 aliphatic heterocycles. The highest BCUT2D eigenvalue weighted by Gasteiger charge is 2.27. The van der Waals surface area contributed by atoms with Crippen LogP contribution in [-0.4, -0.2) is 61.4 Å². The number of carbonyl (C=O) groups is 1. The van der Waals surface area contributed by atoms with Gasteiger partial charge in [0.25, 0.3) is 0 Å². The lowest BCUT2D eigenvalue weighted by molar-refractivity contribution is -0.136. The van der Waals surface area contributed by atoms with Gasteiger partial charge >= 0.3 is 0 Å². The van der Waals surface area contributed by atoms with Gasteiger partial charge in [-0.15, -0.1) is 0 Å². The highest BCUT2D eigenvalue weighted by atomic mass is 16.5. The van der Waals surface area contributed by atoms with E-state index in [1.54, 1.807) is 0 Å². The predicted molar refractivity (Wildman–Crippen MR) is 70.4 cm³/mol. The molecule has 0 saturated carbocycles. The van der Waals surface area contributed by atoms with Gasteiger partial charge < -0.3 is 20.1 Å². The van der Waals surface area contributed by atoms with Gasteiger partial charge in [0.2, 0.25) is 5.91 Å². The van der Waals surface area contributed by atoms with Crippen LogP contribution in [0.25, 0.3) is 0 Å². The first kappa shape index (κ1) is 15.4. The van der Waals surface area contributed by atoms with Crippen molar-refractivity contribution in [1.29, 1.82) is 0 Å². The third-order valence-electron chi connectivity index (χ3n) is 3.12. The first-order valence-electron chi connectivity index (χ1n) is 7.00. The Labute approximate surface area is 109 Å². The molecule has 1 heterocycles. The quantitative estimate of drug-likeness (QED) is 0.587. The Morgan fingerprint density at radius 3 is 3.06 bits per heavy atom. The highest BCUT2D eigenvalue weighted by Crippen LogP contribution is 2.12. The van der Waals surface area contributed by atoms with E-state index in [9.17, 15) is 4.79 Å². The number of amides is 1. The smallest absolute Gasteiger partial charge is 0.239 e. The number of likely N-dealkylation sites (tertiary alicyclic amines) is 1. The number of piperidine rings is 1. The molecule has 1 fully saturated rings. The van der Waals surface area contributed by atoms with E-state index in [4.69, 9.17) is 9.84 Å². The summed E-state index contributed by atoms with van der Waals surface area (Å²) in [6, 6.07) is 0.0112. The predicted octanol–water partition coefficient (Wildman–Crippen LogP) is 0.376. The number of carbonyl (C=O) groups excluding carboxylic acids is 1. The summed E-state index contributed by atoms with van der Waals surface area (Å²) in [6.07, 6.45) is 3.92. The standard InChI is InChI=1S/C13H26N2O3/c1-2-6-14-12-5-3-7-15(13(12)17)8-4-10-18-11-9-16/h12,14,16H,2-11H2,1H3. The Bertz CT molecular complexity index is 236. The molecule has 0 spiro atoms. The molecule has 0 aromatic rings. The summed E-state index contributed by atoms with van der Waals surface area (Å²) in [7, 11) is 0. The number of nitrogens with zero attached hydrogens (tertiary/aromatic N) is 1. The molecule has 1 amide bonds. The molecule has 1 rings (SSSR count). The van der Waals surface area contributed by atoms with Crippen molar-refractivity contribution in [3.05, 3.63) is 0 Å². The van der Waals surface area contributed by atoms with Gasteiger partial charge in [-0.05, 0) is 32.2 Å². The van der Waals surface area contributed by atoms with E-state index in [1.165, 1.54) is 0 Å². The van der Waals surface area contributed by atoms with Gasteiger partial charge in [-0.25, -0.2) is 0 Å². The zero-order valence-electron chi connectivity index (χ0n) is 11.4. The van der Waals surface area contributed by atoms with Gasteiger partial charge in [-0.3, -0.25) is 4.79 Å². The van der Waals surface area contributed by atoms with Gasteiger partial charge in [0.15, 0.2) is 0 Å². The Hall–Kier alpha value is -0.650. The molecular weight excluding hydrogens is 232 g/mol. The summed E-state index contributed by atoms with van der Waals surface area (Å²) >= 11 is 0. The number of aliphatic hydroxyl groups is 1. The van der Waals surface area contributed by atoms with Crippen LogP contribution in [0, 0.1) is 0 Å². The van der Waals surface area contributed by atoms with Crippen molar-refractivity contribution < 1.29 is 14.6 Å². The number of rotatable bonds is 9. The molecule has 0 aliphatic carbocycles. The van der Waals surface area contributed by atoms with Crippen LogP contribution in [0.5, 0.6) is 0 Å². The van der Waals surface area contributed by atoms with Crippen molar-refractivity contribution in [1.82, 2.24) is 10.2 Å². The molecule has 1 saturated heterocycles. The topological polar surface area (TPSA) is 61.8 Å². The van der Waals surface area contributed by atoms with E-state index in [0.717, 1.165) is 45.3 Å². The fourth-order valence-electron chi connectivity index (χ4n) is 2.19. The number of hydrogen-bond donors (Lipinski definition) is 2. The van der Waals surface area contributed by atoms with Gasteiger partial charge in [0, 0.05) is 19.7 Å². The van der Waals surface area contributed by atoms with Crippen LogP contribution < -0.4 is 5.32 Å². The summed E-state index contributed by atoms with van der Waals surface area (Å²) in [6.45, 7) is 5.69. The molecule has 1 unspecified atom stereocenters. The van der Waals surface area contributed by atoms with Crippen molar-refractivity contribution in [2.45, 2.75) is 38.6 Å². The fraction of sp³-hybridized carbons (Fsp3) is 0.923. The van der Waals surface area contributed by atoms with Crippen LogP contribution in [0.4, 0.5) is 0 Å². The molecule has 5 heteroatoms. The second-order valence-corrected chi connectivity index (χ2v) is 4.66. The molecule has 2 N–H and O–H groups in total. The molecular formula is C13H26N2O3. The number of aliphatic hydroxyl groups excluding tert-OH is 1. The second kappa shape index (κ2) is 9.30. The third-order valence-corrected chi connectivity index (χ3v) is 3.12. The Morgan fingerprint density at radius 2 is 2.33 bits per heavy atom. The Balaban J connectivity index is 2.21. The van der Waals surface area contributed by atoms with Crippen molar-refractivity contribution in [2.75, 3.05) is 39.5 Å². The zero-order valence-corrected chi connectivity index (χ0v) is 11.4. The summed E-state index contributed by atoms with van der Waals surface area (Å²) < 4.78 is 5.20. The van der Waals surface area contributed by atoms with Crippen molar-refractivity contribution in [3.63, 3.8) is 0 Å². The first-order valence-corrected chi connectivity index (χ1v) is 7.00. The highest BCUT2D eigenvalue weighted by molar-refractivity contribution is 5.82. The van der Waals surface area contributed by atoms with Crippen LogP contribution >= 0.6 is 0 Å². The number of ether oxygens (including phenoxy) is 1. The summed E-state index contributed by atoms with van der Waals surface area (Å²) in [4.78, 5) is 14.1. The average Bonchev–Trinajstić information content (AvgIpc) is 2.39. The largest absolute Gasteiger partial charge is 0.394 e. The molecule has 0 bridgehead atoms. The monoisotopic (exact) mass is 258 g/mol. The number of hydrogen-bond acceptors (Lipinski definition) is 4. The minimum absolute atomic E-state index is 0.0112. The maximum atomic E-state index is 12.1. The lowest BCUT2D eigenvalue weighted by atomic mass is 10.0. The van der Waals surface area contributed by atoms with Crippen LogP contribution in [0.3, 0.4) is 0 Å². The average molecular weight is 258 g/mol. The molecule has 0 aromatic heterocycles. The van der Waals surface area contributed by atoms with E-state index < -0.39 is 0 Å². The Morgan fingerprint density at radius 1 is 1.50 bits per heavy atom. The first-order chi connectivity index (χ1) is 8.79. The van der Waals surface area contributed by atoms with E-state index >= 15 is 0 Å². The van der Waals surface area contributed by atoms with Gasteiger partial charge in [0.05, 0.1) is 19.3 Å². The lowest BCUT2D eigenvalue weighted by Gasteiger charge is -2.32. The molecule has 18 heavy (non-hydrogen) atoms. The summed E-state index contributed by atoms with van der Waals surface area (Å²) in [5.74, 6) is 0.233. The van der Waals surface area contributed by atoms with E-state index in [0.29, 0.717) is 13.2 Å². The molecule has 1 aliphatic rings. The molecule has 1 atom stereocenters.